The summed E-state index contributed by atoms with van der Waals surface area (Å²) in [5.41, 5.74) is 1.80. The molecule has 0 spiro atoms. The van der Waals surface area contributed by atoms with Crippen LogP contribution in [0.25, 0.3) is 0 Å². The van der Waals surface area contributed by atoms with E-state index in [0.717, 1.165) is 74.8 Å². The van der Waals surface area contributed by atoms with E-state index in [1.54, 1.807) is 7.11 Å². The number of nitrogens with zero attached hydrogens (tertiary/aromatic N) is 3. The molecule has 2 aromatic rings. The number of carbonyl (C=O) groups is 1. The number of hydrogen-bond donors (Lipinski definition) is 1. The maximum atomic E-state index is 12.4. The Balaban J connectivity index is 1.25. The van der Waals surface area contributed by atoms with Crippen molar-refractivity contribution in [2.45, 2.75) is 56.9 Å². The summed E-state index contributed by atoms with van der Waals surface area (Å²) >= 11 is 0. The molecular weight excluding hydrogens is 368 g/mol. The number of rotatable bonds is 7. The third kappa shape index (κ3) is 3.95. The molecule has 29 heavy (non-hydrogen) atoms. The van der Waals surface area contributed by atoms with Crippen molar-refractivity contribution in [2.75, 3.05) is 25.1 Å². The molecule has 7 nitrogen and oxygen atoms in total. The van der Waals surface area contributed by atoms with Gasteiger partial charge in [0, 0.05) is 30.6 Å². The smallest absolute Gasteiger partial charge is 0.266 e. The molecule has 1 aromatic carbocycles. The normalized spacial score (nSPS) is 21.8. The topological polar surface area (TPSA) is 80.5 Å². The molecule has 154 valence electrons. The lowest BCUT2D eigenvalue weighted by Gasteiger charge is -2.20. The second-order valence-electron chi connectivity index (χ2n) is 8.64. The van der Waals surface area contributed by atoms with Crippen LogP contribution < -0.4 is 15.0 Å². The van der Waals surface area contributed by atoms with Gasteiger partial charge in [-0.15, -0.1) is 0 Å². The molecule has 1 amide bonds. The molecule has 0 bridgehead atoms. The Hall–Kier alpha value is -2.57. The predicted octanol–water partition coefficient (Wildman–Crippen LogP) is 3.31. The lowest BCUT2D eigenvalue weighted by molar-refractivity contribution is 0.0951. The van der Waals surface area contributed by atoms with Gasteiger partial charge in [-0.1, -0.05) is 6.42 Å². The van der Waals surface area contributed by atoms with E-state index in [1.807, 2.05) is 18.2 Å². The Bertz CT molecular complexity index is 888. The molecule has 0 radical (unpaired) electrons. The summed E-state index contributed by atoms with van der Waals surface area (Å²) < 4.78 is 11.0. The van der Waals surface area contributed by atoms with Gasteiger partial charge in [-0.25, -0.2) is 0 Å². The molecule has 7 heteroatoms. The molecular formula is C22H28N4O3. The summed E-state index contributed by atoms with van der Waals surface area (Å²) in [6, 6.07) is 6.11. The largest absolute Gasteiger partial charge is 0.496 e. The van der Waals surface area contributed by atoms with Crippen LogP contribution in [-0.4, -0.2) is 42.3 Å². The number of nitrogens with one attached hydrogen (secondary N) is 1. The molecule has 2 saturated carbocycles. The van der Waals surface area contributed by atoms with Crippen LogP contribution >= 0.6 is 0 Å². The van der Waals surface area contributed by atoms with Gasteiger partial charge < -0.3 is 19.5 Å². The summed E-state index contributed by atoms with van der Waals surface area (Å²) in [5.74, 6) is 3.31. The average molecular weight is 396 g/mol. The molecule has 5 rings (SSSR count). The van der Waals surface area contributed by atoms with Crippen LogP contribution in [0.1, 0.15) is 66.3 Å². The number of methoxy groups -OCH3 is 1. The Kier molecular flexibility index (Phi) is 4.89. The molecule has 3 fully saturated rings. The number of benzene rings is 1. The highest BCUT2D eigenvalue weighted by Gasteiger charge is 2.30. The van der Waals surface area contributed by atoms with Crippen molar-refractivity contribution < 1.29 is 14.1 Å². The fourth-order valence-corrected chi connectivity index (χ4v) is 4.24. The number of aromatic nitrogens is 2. The maximum Gasteiger partial charge on any atom is 0.266 e. The SMILES string of the molecule is COc1ccc(C(=O)NC2CC2)cc1CC1CCN(c2noc(C3CCC3)n2)C1. The summed E-state index contributed by atoms with van der Waals surface area (Å²) in [6.45, 7) is 1.82. The van der Waals surface area contributed by atoms with Gasteiger partial charge in [0.25, 0.3) is 11.9 Å². The van der Waals surface area contributed by atoms with Crippen LogP contribution in [0.5, 0.6) is 5.75 Å². The van der Waals surface area contributed by atoms with E-state index >= 15 is 0 Å². The van der Waals surface area contributed by atoms with Crippen LogP contribution in [0.3, 0.4) is 0 Å². The van der Waals surface area contributed by atoms with Crippen molar-refractivity contribution in [3.05, 3.63) is 35.2 Å². The highest BCUT2D eigenvalue weighted by molar-refractivity contribution is 5.95. The average Bonchev–Trinajstić information content (AvgIpc) is 3.16. The maximum absolute atomic E-state index is 12.4. The van der Waals surface area contributed by atoms with E-state index in [0.29, 0.717) is 23.4 Å². The number of hydrogen-bond acceptors (Lipinski definition) is 6. The lowest BCUT2D eigenvalue weighted by atomic mass is 9.85. The van der Waals surface area contributed by atoms with Crippen molar-refractivity contribution in [3.63, 3.8) is 0 Å². The molecule has 1 saturated heterocycles. The number of anilines is 1. The zero-order chi connectivity index (χ0) is 19.8. The van der Waals surface area contributed by atoms with Crippen molar-refractivity contribution in [1.29, 1.82) is 0 Å². The highest BCUT2D eigenvalue weighted by atomic mass is 16.5. The molecule has 3 aliphatic rings. The third-order valence-electron chi connectivity index (χ3n) is 6.42. The fourth-order valence-electron chi connectivity index (χ4n) is 4.24. The van der Waals surface area contributed by atoms with E-state index in [-0.39, 0.29) is 5.91 Å². The van der Waals surface area contributed by atoms with Crippen LogP contribution in [0.2, 0.25) is 0 Å². The fraction of sp³-hybridized carbons (Fsp3) is 0.591. The first kappa shape index (κ1) is 18.5. The van der Waals surface area contributed by atoms with Crippen molar-refractivity contribution in [3.8, 4) is 5.75 Å². The molecule has 2 heterocycles. The minimum atomic E-state index is 0.0137. The second-order valence-corrected chi connectivity index (χ2v) is 8.64. The van der Waals surface area contributed by atoms with Gasteiger partial charge in [0.2, 0.25) is 5.89 Å². The zero-order valence-electron chi connectivity index (χ0n) is 16.9. The van der Waals surface area contributed by atoms with E-state index in [2.05, 4.69) is 20.4 Å². The van der Waals surface area contributed by atoms with E-state index in [4.69, 9.17) is 9.26 Å². The van der Waals surface area contributed by atoms with Gasteiger partial charge in [-0.2, -0.15) is 4.98 Å². The minimum absolute atomic E-state index is 0.0137. The van der Waals surface area contributed by atoms with Crippen LogP contribution in [0.4, 0.5) is 5.95 Å². The van der Waals surface area contributed by atoms with Gasteiger partial charge in [0.1, 0.15) is 5.75 Å². The van der Waals surface area contributed by atoms with E-state index in [9.17, 15) is 4.79 Å². The Morgan fingerprint density at radius 1 is 1.28 bits per heavy atom. The number of ether oxygens (including phenoxy) is 1. The van der Waals surface area contributed by atoms with Gasteiger partial charge >= 0.3 is 0 Å². The van der Waals surface area contributed by atoms with Crippen LogP contribution in [0, 0.1) is 5.92 Å². The first-order chi connectivity index (χ1) is 14.2. The summed E-state index contributed by atoms with van der Waals surface area (Å²) in [5, 5.41) is 7.27. The lowest BCUT2D eigenvalue weighted by Crippen LogP contribution is -2.25. The Morgan fingerprint density at radius 2 is 2.14 bits per heavy atom. The van der Waals surface area contributed by atoms with Crippen molar-refractivity contribution in [1.82, 2.24) is 15.5 Å². The molecule has 1 N–H and O–H groups in total. The third-order valence-corrected chi connectivity index (χ3v) is 6.42. The number of amides is 1. The van der Waals surface area contributed by atoms with Crippen LogP contribution in [0.15, 0.2) is 22.7 Å². The second kappa shape index (κ2) is 7.69. The van der Waals surface area contributed by atoms with Gasteiger partial charge in [0.15, 0.2) is 0 Å². The molecule has 2 aliphatic carbocycles. The standard InChI is InChI=1S/C22H28N4O3/c1-28-19-8-5-16(20(27)23-18-6-7-18)12-17(19)11-14-9-10-26(13-14)22-24-21(29-25-22)15-3-2-4-15/h5,8,12,14-15,18H,2-4,6-7,9-11,13H2,1H3,(H,23,27). The Morgan fingerprint density at radius 3 is 2.86 bits per heavy atom. The quantitative estimate of drug-likeness (QED) is 0.773. The van der Waals surface area contributed by atoms with E-state index in [1.165, 1.54) is 6.42 Å². The monoisotopic (exact) mass is 396 g/mol. The van der Waals surface area contributed by atoms with E-state index < -0.39 is 0 Å². The summed E-state index contributed by atoms with van der Waals surface area (Å²) in [7, 11) is 1.69. The van der Waals surface area contributed by atoms with Crippen LogP contribution in [-0.2, 0) is 6.42 Å². The first-order valence-corrected chi connectivity index (χ1v) is 10.8. The van der Waals surface area contributed by atoms with Crippen molar-refractivity contribution >= 4 is 11.9 Å². The molecule has 1 atom stereocenters. The number of carbonyl (C=O) groups excluding carboxylic acids is 1. The summed E-state index contributed by atoms with van der Waals surface area (Å²) in [6.07, 6.45) is 7.69. The predicted molar refractivity (Wildman–Crippen MR) is 108 cm³/mol. The first-order valence-electron chi connectivity index (χ1n) is 10.8. The van der Waals surface area contributed by atoms with Gasteiger partial charge in [0.05, 0.1) is 7.11 Å². The highest BCUT2D eigenvalue weighted by Crippen LogP contribution is 2.36. The zero-order valence-corrected chi connectivity index (χ0v) is 16.9. The van der Waals surface area contributed by atoms with Gasteiger partial charge in [-0.05, 0) is 73.4 Å². The van der Waals surface area contributed by atoms with Crippen molar-refractivity contribution in [2.24, 2.45) is 5.92 Å². The molecule has 1 unspecified atom stereocenters. The molecule has 1 aliphatic heterocycles. The molecule has 1 aromatic heterocycles. The summed E-state index contributed by atoms with van der Waals surface area (Å²) in [4.78, 5) is 19.3. The Labute approximate surface area is 170 Å². The van der Waals surface area contributed by atoms with Gasteiger partial charge in [-0.3, -0.25) is 4.79 Å². The minimum Gasteiger partial charge on any atom is -0.496 e.